The highest BCUT2D eigenvalue weighted by atomic mass is 16.5. The molecule has 1 aromatic carbocycles. The van der Waals surface area contributed by atoms with Crippen molar-refractivity contribution in [2.24, 2.45) is 0 Å². The summed E-state index contributed by atoms with van der Waals surface area (Å²) >= 11 is 0. The number of nitrogens with zero attached hydrogens (tertiary/aromatic N) is 1. The van der Waals surface area contributed by atoms with Crippen LogP contribution in [0.5, 0.6) is 5.75 Å². The number of methoxy groups -OCH3 is 1. The van der Waals surface area contributed by atoms with E-state index in [4.69, 9.17) is 4.74 Å². The lowest BCUT2D eigenvalue weighted by molar-refractivity contribution is -0.127. The van der Waals surface area contributed by atoms with E-state index in [1.165, 1.54) is 4.90 Å². The molecule has 0 spiro atoms. The second kappa shape index (κ2) is 4.45. The third-order valence-electron chi connectivity index (χ3n) is 2.72. The van der Waals surface area contributed by atoms with E-state index in [-0.39, 0.29) is 11.9 Å². The Balaban J connectivity index is 2.10. The summed E-state index contributed by atoms with van der Waals surface area (Å²) in [6.07, 6.45) is 0. The van der Waals surface area contributed by atoms with E-state index in [9.17, 15) is 9.59 Å². The van der Waals surface area contributed by atoms with Gasteiger partial charge in [0.2, 0.25) is 0 Å². The van der Waals surface area contributed by atoms with Gasteiger partial charge in [0.1, 0.15) is 11.8 Å². The van der Waals surface area contributed by atoms with Crippen molar-refractivity contribution in [2.75, 3.05) is 7.11 Å². The molecule has 90 valence electrons. The molecular formula is C12H14N2O3. The molecule has 1 aromatic rings. The molecule has 2 rings (SSSR count). The van der Waals surface area contributed by atoms with E-state index in [1.54, 1.807) is 26.2 Å². The van der Waals surface area contributed by atoms with Crippen molar-refractivity contribution in [2.45, 2.75) is 19.5 Å². The van der Waals surface area contributed by atoms with Crippen LogP contribution in [0.2, 0.25) is 0 Å². The number of rotatable bonds is 3. The molecule has 0 aliphatic carbocycles. The minimum absolute atomic E-state index is 0.189. The lowest BCUT2D eigenvalue weighted by Crippen LogP contribution is -2.30. The van der Waals surface area contributed by atoms with Crippen LogP contribution in [-0.4, -0.2) is 30.0 Å². The summed E-state index contributed by atoms with van der Waals surface area (Å²) in [6, 6.07) is 6.51. The minimum Gasteiger partial charge on any atom is -0.497 e. The fourth-order valence-corrected chi connectivity index (χ4v) is 1.72. The number of carbonyl (C=O) groups is 2. The van der Waals surface area contributed by atoms with Gasteiger partial charge in [0.15, 0.2) is 0 Å². The summed E-state index contributed by atoms with van der Waals surface area (Å²) in [7, 11) is 1.59. The predicted molar refractivity (Wildman–Crippen MR) is 61.5 cm³/mol. The topological polar surface area (TPSA) is 58.6 Å². The van der Waals surface area contributed by atoms with Crippen molar-refractivity contribution < 1.29 is 14.3 Å². The van der Waals surface area contributed by atoms with Crippen LogP contribution in [0.3, 0.4) is 0 Å². The van der Waals surface area contributed by atoms with Crippen LogP contribution in [-0.2, 0) is 11.3 Å². The molecule has 1 aliphatic rings. The Morgan fingerprint density at radius 2 is 1.94 bits per heavy atom. The minimum atomic E-state index is -0.430. The average molecular weight is 234 g/mol. The van der Waals surface area contributed by atoms with Crippen molar-refractivity contribution in [3.8, 4) is 5.75 Å². The number of hydrogen-bond donors (Lipinski definition) is 1. The van der Waals surface area contributed by atoms with E-state index in [0.717, 1.165) is 11.3 Å². The van der Waals surface area contributed by atoms with Crippen molar-refractivity contribution in [1.82, 2.24) is 10.2 Å². The number of benzene rings is 1. The molecule has 5 nitrogen and oxygen atoms in total. The summed E-state index contributed by atoms with van der Waals surface area (Å²) < 4.78 is 5.04. The zero-order chi connectivity index (χ0) is 12.4. The van der Waals surface area contributed by atoms with Gasteiger partial charge < -0.3 is 10.1 Å². The normalized spacial score (nSPS) is 19.4. The Morgan fingerprint density at radius 1 is 1.29 bits per heavy atom. The summed E-state index contributed by atoms with van der Waals surface area (Å²) in [6.45, 7) is 1.97. The Bertz CT molecular complexity index is 442. The van der Waals surface area contributed by atoms with Crippen molar-refractivity contribution in [1.29, 1.82) is 0 Å². The van der Waals surface area contributed by atoms with Crippen LogP contribution in [0, 0.1) is 0 Å². The zero-order valence-electron chi connectivity index (χ0n) is 9.77. The van der Waals surface area contributed by atoms with Gasteiger partial charge in [-0.1, -0.05) is 12.1 Å². The molecule has 1 fully saturated rings. The molecule has 1 aliphatic heterocycles. The maximum absolute atomic E-state index is 11.7. The van der Waals surface area contributed by atoms with E-state index in [2.05, 4.69) is 5.32 Å². The van der Waals surface area contributed by atoms with Gasteiger partial charge in [0, 0.05) is 0 Å². The molecule has 0 unspecified atom stereocenters. The molecule has 1 heterocycles. The molecule has 3 amide bonds. The van der Waals surface area contributed by atoms with Gasteiger partial charge >= 0.3 is 6.03 Å². The Hall–Kier alpha value is -2.04. The van der Waals surface area contributed by atoms with Crippen LogP contribution in [0.25, 0.3) is 0 Å². The summed E-state index contributed by atoms with van der Waals surface area (Å²) in [5.74, 6) is 0.560. The first-order valence-corrected chi connectivity index (χ1v) is 5.36. The molecule has 5 heteroatoms. The van der Waals surface area contributed by atoms with Crippen molar-refractivity contribution in [3.63, 3.8) is 0 Å². The monoisotopic (exact) mass is 234 g/mol. The van der Waals surface area contributed by atoms with Crippen LogP contribution in [0.1, 0.15) is 12.5 Å². The highest BCUT2D eigenvalue weighted by molar-refractivity contribution is 6.03. The number of nitrogens with one attached hydrogen (secondary N) is 1. The maximum Gasteiger partial charge on any atom is 0.325 e. The molecule has 0 aromatic heterocycles. The van der Waals surface area contributed by atoms with Gasteiger partial charge in [0.05, 0.1) is 13.7 Å². The van der Waals surface area contributed by atoms with Crippen LogP contribution in [0.15, 0.2) is 24.3 Å². The van der Waals surface area contributed by atoms with Gasteiger partial charge in [-0.25, -0.2) is 4.79 Å². The second-order valence-electron chi connectivity index (χ2n) is 3.94. The Morgan fingerprint density at radius 3 is 2.41 bits per heavy atom. The van der Waals surface area contributed by atoms with Crippen molar-refractivity contribution in [3.05, 3.63) is 29.8 Å². The zero-order valence-corrected chi connectivity index (χ0v) is 9.77. The third kappa shape index (κ3) is 2.22. The summed E-state index contributed by atoms with van der Waals surface area (Å²) in [5, 5.41) is 2.57. The van der Waals surface area contributed by atoms with Gasteiger partial charge in [0.25, 0.3) is 5.91 Å². The molecule has 0 radical (unpaired) electrons. The molecule has 0 bridgehead atoms. The van der Waals surface area contributed by atoms with Gasteiger partial charge in [-0.3, -0.25) is 9.69 Å². The van der Waals surface area contributed by atoms with Gasteiger partial charge in [-0.05, 0) is 24.6 Å². The third-order valence-corrected chi connectivity index (χ3v) is 2.72. The Labute approximate surface area is 99.4 Å². The van der Waals surface area contributed by atoms with E-state index in [1.807, 2.05) is 12.1 Å². The fourth-order valence-electron chi connectivity index (χ4n) is 1.72. The van der Waals surface area contributed by atoms with Crippen LogP contribution in [0.4, 0.5) is 4.79 Å². The quantitative estimate of drug-likeness (QED) is 0.798. The number of urea groups is 1. The van der Waals surface area contributed by atoms with Crippen LogP contribution >= 0.6 is 0 Å². The first-order chi connectivity index (χ1) is 8.11. The predicted octanol–water partition coefficient (Wildman–Crippen LogP) is 1.14. The maximum atomic E-state index is 11.7. The SMILES string of the molecule is COc1ccc(CN2C(=O)N[C@H](C)C2=O)cc1. The number of imide groups is 1. The van der Waals surface area contributed by atoms with Gasteiger partial charge in [-0.2, -0.15) is 0 Å². The number of amides is 3. The fraction of sp³-hybridized carbons (Fsp3) is 0.333. The van der Waals surface area contributed by atoms with Crippen molar-refractivity contribution >= 4 is 11.9 Å². The highest BCUT2D eigenvalue weighted by Gasteiger charge is 2.34. The van der Waals surface area contributed by atoms with E-state index in [0.29, 0.717) is 6.54 Å². The molecule has 17 heavy (non-hydrogen) atoms. The first-order valence-electron chi connectivity index (χ1n) is 5.36. The number of hydrogen-bond acceptors (Lipinski definition) is 3. The summed E-state index contributed by atoms with van der Waals surface area (Å²) in [5.41, 5.74) is 0.892. The number of carbonyl (C=O) groups excluding carboxylic acids is 2. The lowest BCUT2D eigenvalue weighted by atomic mass is 10.2. The molecule has 1 atom stereocenters. The molecule has 1 N–H and O–H groups in total. The first kappa shape index (κ1) is 11.4. The smallest absolute Gasteiger partial charge is 0.325 e. The summed E-state index contributed by atoms with van der Waals surface area (Å²) in [4.78, 5) is 24.4. The molecule has 0 saturated carbocycles. The van der Waals surface area contributed by atoms with Gasteiger partial charge in [-0.15, -0.1) is 0 Å². The second-order valence-corrected chi connectivity index (χ2v) is 3.94. The number of ether oxygens (including phenoxy) is 1. The van der Waals surface area contributed by atoms with Crippen LogP contribution < -0.4 is 10.1 Å². The van der Waals surface area contributed by atoms with E-state index >= 15 is 0 Å². The average Bonchev–Trinajstić information content (AvgIpc) is 2.57. The molecular weight excluding hydrogens is 220 g/mol. The lowest BCUT2D eigenvalue weighted by Gasteiger charge is -2.12. The standard InChI is InChI=1S/C12H14N2O3/c1-8-11(15)14(12(16)13-8)7-9-3-5-10(17-2)6-4-9/h3-6,8H,7H2,1-2H3,(H,13,16)/t8-/m1/s1. The largest absolute Gasteiger partial charge is 0.497 e. The van der Waals surface area contributed by atoms with E-state index < -0.39 is 6.04 Å². The Kier molecular flexibility index (Phi) is 2.99. The highest BCUT2D eigenvalue weighted by Crippen LogP contribution is 2.15. The molecule has 1 saturated heterocycles.